The molecule has 3 aromatic heterocycles. The number of furan rings is 1. The molecule has 33 heavy (non-hydrogen) atoms. The lowest BCUT2D eigenvalue weighted by atomic mass is 10.2. The number of anilines is 1. The summed E-state index contributed by atoms with van der Waals surface area (Å²) in [5, 5.41) is 11.9. The molecule has 0 fully saturated rings. The van der Waals surface area contributed by atoms with Gasteiger partial charge in [-0.1, -0.05) is 43.8 Å². The lowest BCUT2D eigenvalue weighted by molar-refractivity contribution is -0.113. The molecule has 172 valence electrons. The number of para-hydroxylation sites is 1. The Morgan fingerprint density at radius 3 is 2.58 bits per heavy atom. The van der Waals surface area contributed by atoms with Crippen molar-refractivity contribution >= 4 is 23.4 Å². The Labute approximate surface area is 195 Å². The Kier molecular flexibility index (Phi) is 6.55. The van der Waals surface area contributed by atoms with Crippen LogP contribution in [0, 0.1) is 12.8 Å². The highest BCUT2D eigenvalue weighted by Gasteiger charge is 2.21. The summed E-state index contributed by atoms with van der Waals surface area (Å²) in [6.45, 7) is 6.69. The normalized spacial score (nSPS) is 11.3. The standard InChI is InChI=1S/C23H26N6O3S/c1-15(2)13-28-21(18-11-8-12-32-18)25-26-23(28)33-14-19(30)24-20-16(3)27(4)29(22(20)31)17-9-6-5-7-10-17/h5-12,15H,13-14H2,1-4H3,(H,24,30). The number of hydrogen-bond donors (Lipinski definition) is 1. The Balaban J connectivity index is 1.52. The number of benzene rings is 1. The van der Waals surface area contributed by atoms with Crippen molar-refractivity contribution in [2.75, 3.05) is 11.1 Å². The van der Waals surface area contributed by atoms with E-state index in [4.69, 9.17) is 4.42 Å². The SMILES string of the molecule is Cc1c(NC(=O)CSc2nnc(-c3ccco3)n2CC(C)C)c(=O)n(-c2ccccc2)n1C. The lowest BCUT2D eigenvalue weighted by Crippen LogP contribution is -2.23. The number of nitrogens with one attached hydrogen (secondary N) is 1. The number of thioether (sulfide) groups is 1. The van der Waals surface area contributed by atoms with Crippen molar-refractivity contribution < 1.29 is 9.21 Å². The molecule has 1 aromatic carbocycles. The summed E-state index contributed by atoms with van der Waals surface area (Å²) in [5.41, 5.74) is 1.40. The molecule has 0 aliphatic carbocycles. The summed E-state index contributed by atoms with van der Waals surface area (Å²) < 4.78 is 10.7. The van der Waals surface area contributed by atoms with Crippen molar-refractivity contribution in [1.29, 1.82) is 0 Å². The second-order valence-corrected chi connectivity index (χ2v) is 9.00. The largest absolute Gasteiger partial charge is 0.461 e. The van der Waals surface area contributed by atoms with Crippen LogP contribution in [0.4, 0.5) is 5.69 Å². The molecule has 4 rings (SSSR count). The van der Waals surface area contributed by atoms with E-state index in [-0.39, 0.29) is 22.9 Å². The van der Waals surface area contributed by atoms with Crippen molar-refractivity contribution in [3.8, 4) is 17.3 Å². The summed E-state index contributed by atoms with van der Waals surface area (Å²) in [7, 11) is 1.79. The van der Waals surface area contributed by atoms with Gasteiger partial charge in [0.1, 0.15) is 5.69 Å². The molecule has 0 saturated heterocycles. The zero-order valence-corrected chi connectivity index (χ0v) is 19.8. The monoisotopic (exact) mass is 466 g/mol. The molecule has 0 atom stereocenters. The molecule has 0 saturated carbocycles. The lowest BCUT2D eigenvalue weighted by Gasteiger charge is -2.11. The van der Waals surface area contributed by atoms with E-state index in [1.165, 1.54) is 16.4 Å². The number of carbonyl (C=O) groups excluding carboxylic acids is 1. The third-order valence-electron chi connectivity index (χ3n) is 5.16. The van der Waals surface area contributed by atoms with Crippen molar-refractivity contribution in [2.45, 2.75) is 32.5 Å². The Morgan fingerprint density at radius 1 is 1.15 bits per heavy atom. The Bertz CT molecular complexity index is 1300. The van der Waals surface area contributed by atoms with Crippen LogP contribution in [0.5, 0.6) is 0 Å². The van der Waals surface area contributed by atoms with E-state index >= 15 is 0 Å². The predicted octanol–water partition coefficient (Wildman–Crippen LogP) is 3.72. The van der Waals surface area contributed by atoms with Crippen molar-refractivity contribution in [3.05, 3.63) is 64.8 Å². The van der Waals surface area contributed by atoms with Crippen LogP contribution in [0.15, 0.2) is 63.1 Å². The van der Waals surface area contributed by atoms with Gasteiger partial charge in [-0.15, -0.1) is 10.2 Å². The van der Waals surface area contributed by atoms with Crippen LogP contribution in [0.1, 0.15) is 19.5 Å². The van der Waals surface area contributed by atoms with Crippen LogP contribution < -0.4 is 10.9 Å². The molecule has 1 N–H and O–H groups in total. The van der Waals surface area contributed by atoms with E-state index in [1.54, 1.807) is 31.0 Å². The molecule has 4 aromatic rings. The molecule has 10 heteroatoms. The fourth-order valence-corrected chi connectivity index (χ4v) is 4.28. The summed E-state index contributed by atoms with van der Waals surface area (Å²) in [5.74, 6) is 1.41. The molecule has 0 unspecified atom stereocenters. The van der Waals surface area contributed by atoms with Crippen LogP contribution in [0.3, 0.4) is 0 Å². The molecule has 0 bridgehead atoms. The van der Waals surface area contributed by atoms with Gasteiger partial charge in [0.25, 0.3) is 5.56 Å². The minimum absolute atomic E-state index is 0.0908. The van der Waals surface area contributed by atoms with E-state index < -0.39 is 0 Å². The van der Waals surface area contributed by atoms with Crippen LogP contribution >= 0.6 is 11.8 Å². The topological polar surface area (TPSA) is 99.9 Å². The van der Waals surface area contributed by atoms with Gasteiger partial charge < -0.3 is 9.73 Å². The third kappa shape index (κ3) is 4.65. The zero-order chi connectivity index (χ0) is 23.5. The van der Waals surface area contributed by atoms with Crippen molar-refractivity contribution in [3.63, 3.8) is 0 Å². The van der Waals surface area contributed by atoms with Gasteiger partial charge in [0, 0.05) is 13.6 Å². The maximum atomic E-state index is 13.0. The first-order valence-corrected chi connectivity index (χ1v) is 11.6. The highest BCUT2D eigenvalue weighted by atomic mass is 32.2. The number of rotatable bonds is 8. The van der Waals surface area contributed by atoms with E-state index in [0.717, 1.165) is 5.69 Å². The number of aromatic nitrogens is 5. The number of amides is 1. The van der Waals surface area contributed by atoms with Crippen LogP contribution in [-0.4, -0.2) is 35.8 Å². The quantitative estimate of drug-likeness (QED) is 0.397. The fourth-order valence-electron chi connectivity index (χ4n) is 3.53. The average molecular weight is 467 g/mol. The second-order valence-electron chi connectivity index (χ2n) is 8.06. The van der Waals surface area contributed by atoms with Gasteiger partial charge in [0.15, 0.2) is 16.7 Å². The van der Waals surface area contributed by atoms with Crippen molar-refractivity contribution in [2.24, 2.45) is 13.0 Å². The van der Waals surface area contributed by atoms with Gasteiger partial charge in [-0.05, 0) is 37.1 Å². The molecular weight excluding hydrogens is 440 g/mol. The van der Waals surface area contributed by atoms with Gasteiger partial charge in [0.2, 0.25) is 5.91 Å². The van der Waals surface area contributed by atoms with Gasteiger partial charge in [-0.2, -0.15) is 0 Å². The number of carbonyl (C=O) groups is 1. The van der Waals surface area contributed by atoms with Crippen LogP contribution in [0.2, 0.25) is 0 Å². The summed E-state index contributed by atoms with van der Waals surface area (Å²) in [6.07, 6.45) is 1.59. The Morgan fingerprint density at radius 2 is 1.91 bits per heavy atom. The van der Waals surface area contributed by atoms with Gasteiger partial charge in [0.05, 0.1) is 23.4 Å². The highest BCUT2D eigenvalue weighted by molar-refractivity contribution is 7.99. The summed E-state index contributed by atoms with van der Waals surface area (Å²) in [4.78, 5) is 25.8. The smallest absolute Gasteiger partial charge is 0.295 e. The molecular formula is C23H26N6O3S. The second kappa shape index (κ2) is 9.53. The third-order valence-corrected chi connectivity index (χ3v) is 6.12. The molecule has 1 amide bonds. The summed E-state index contributed by atoms with van der Waals surface area (Å²) in [6, 6.07) is 12.9. The summed E-state index contributed by atoms with van der Waals surface area (Å²) >= 11 is 1.27. The Hall–Kier alpha value is -3.53. The zero-order valence-electron chi connectivity index (χ0n) is 19.0. The van der Waals surface area contributed by atoms with Crippen LogP contribution in [0.25, 0.3) is 17.3 Å². The fraction of sp³-hybridized carbons (Fsp3) is 0.304. The maximum absolute atomic E-state index is 13.0. The molecule has 0 aliphatic rings. The van der Waals surface area contributed by atoms with E-state index in [0.29, 0.717) is 34.9 Å². The van der Waals surface area contributed by atoms with Gasteiger partial charge in [-0.25, -0.2) is 4.68 Å². The van der Waals surface area contributed by atoms with Crippen LogP contribution in [-0.2, 0) is 18.4 Å². The molecule has 3 heterocycles. The first-order chi connectivity index (χ1) is 15.9. The highest BCUT2D eigenvalue weighted by Crippen LogP contribution is 2.25. The molecule has 9 nitrogen and oxygen atoms in total. The first-order valence-electron chi connectivity index (χ1n) is 10.6. The minimum Gasteiger partial charge on any atom is -0.461 e. The molecule has 0 aliphatic heterocycles. The number of nitrogens with zero attached hydrogens (tertiary/aromatic N) is 5. The minimum atomic E-state index is -0.287. The molecule has 0 spiro atoms. The average Bonchev–Trinajstić information content (AvgIpc) is 3.50. The van der Waals surface area contributed by atoms with E-state index in [1.807, 2.05) is 41.0 Å². The first kappa shape index (κ1) is 22.7. The van der Waals surface area contributed by atoms with Gasteiger partial charge in [-0.3, -0.25) is 18.8 Å². The van der Waals surface area contributed by atoms with E-state index in [9.17, 15) is 9.59 Å². The predicted molar refractivity (Wildman–Crippen MR) is 128 cm³/mol. The maximum Gasteiger partial charge on any atom is 0.295 e. The van der Waals surface area contributed by atoms with Gasteiger partial charge >= 0.3 is 0 Å². The van der Waals surface area contributed by atoms with E-state index in [2.05, 4.69) is 29.4 Å². The number of hydrogen-bond acceptors (Lipinski definition) is 6. The molecule has 0 radical (unpaired) electrons. The van der Waals surface area contributed by atoms with Crippen molar-refractivity contribution in [1.82, 2.24) is 24.1 Å².